The first kappa shape index (κ1) is 14.6. The van der Waals surface area contributed by atoms with Crippen LogP contribution in [0.3, 0.4) is 0 Å². The molecule has 0 heterocycles. The lowest BCUT2D eigenvalue weighted by molar-refractivity contribution is -0.385. The molecule has 0 fully saturated rings. The zero-order valence-corrected chi connectivity index (χ0v) is 10.9. The molecule has 0 atom stereocenters. The monoisotopic (exact) mass is 252 g/mol. The standard InChI is InChI=1S/C13H20N2O3/c1-11(2)14-8-5-9-18-10-12-6-3-4-7-13(12)15(16)17/h3-4,6-7,11,14H,5,8-10H2,1-2H3. The van der Waals surface area contributed by atoms with Crippen LogP contribution < -0.4 is 5.32 Å². The molecule has 0 aliphatic carbocycles. The molecular formula is C13H20N2O3. The number of para-hydroxylation sites is 1. The summed E-state index contributed by atoms with van der Waals surface area (Å²) in [4.78, 5) is 10.4. The van der Waals surface area contributed by atoms with Crippen LogP contribution in [0.2, 0.25) is 0 Å². The Kier molecular flexibility index (Phi) is 6.32. The second kappa shape index (κ2) is 7.79. The first-order valence-electron chi connectivity index (χ1n) is 6.14. The van der Waals surface area contributed by atoms with Crippen LogP contribution >= 0.6 is 0 Å². The number of nitrogens with one attached hydrogen (secondary N) is 1. The smallest absolute Gasteiger partial charge is 0.274 e. The van der Waals surface area contributed by atoms with E-state index in [9.17, 15) is 10.1 Å². The van der Waals surface area contributed by atoms with E-state index >= 15 is 0 Å². The third-order valence-corrected chi connectivity index (χ3v) is 2.46. The maximum absolute atomic E-state index is 10.8. The summed E-state index contributed by atoms with van der Waals surface area (Å²) in [6, 6.07) is 7.14. The van der Waals surface area contributed by atoms with Crippen molar-refractivity contribution in [2.24, 2.45) is 0 Å². The molecule has 18 heavy (non-hydrogen) atoms. The van der Waals surface area contributed by atoms with Crippen LogP contribution in [-0.4, -0.2) is 24.1 Å². The predicted molar refractivity (Wildman–Crippen MR) is 70.5 cm³/mol. The predicted octanol–water partition coefficient (Wildman–Crippen LogP) is 2.50. The fourth-order valence-corrected chi connectivity index (χ4v) is 1.56. The Morgan fingerprint density at radius 3 is 2.78 bits per heavy atom. The van der Waals surface area contributed by atoms with Crippen LogP contribution in [0.15, 0.2) is 24.3 Å². The van der Waals surface area contributed by atoms with Crippen LogP contribution in [0.5, 0.6) is 0 Å². The molecule has 0 radical (unpaired) electrons. The summed E-state index contributed by atoms with van der Waals surface area (Å²) in [7, 11) is 0. The van der Waals surface area contributed by atoms with Crippen molar-refractivity contribution in [1.82, 2.24) is 5.32 Å². The zero-order chi connectivity index (χ0) is 13.4. The van der Waals surface area contributed by atoms with E-state index in [-0.39, 0.29) is 10.6 Å². The summed E-state index contributed by atoms with van der Waals surface area (Å²) in [6.07, 6.45) is 0.902. The molecular weight excluding hydrogens is 232 g/mol. The molecule has 0 aliphatic heterocycles. The van der Waals surface area contributed by atoms with Crippen LogP contribution in [0, 0.1) is 10.1 Å². The van der Waals surface area contributed by atoms with Crippen molar-refractivity contribution < 1.29 is 9.66 Å². The van der Waals surface area contributed by atoms with Gasteiger partial charge in [0.05, 0.1) is 17.1 Å². The molecule has 1 aromatic rings. The molecule has 0 aliphatic rings. The SMILES string of the molecule is CC(C)NCCCOCc1ccccc1[N+](=O)[O-]. The quantitative estimate of drug-likeness (QED) is 0.438. The maximum atomic E-state index is 10.8. The van der Waals surface area contributed by atoms with Crippen molar-refractivity contribution in [3.63, 3.8) is 0 Å². The number of rotatable bonds is 8. The van der Waals surface area contributed by atoms with E-state index in [1.807, 2.05) is 0 Å². The molecule has 0 aromatic heterocycles. The average Bonchev–Trinajstić information content (AvgIpc) is 2.33. The average molecular weight is 252 g/mol. The molecule has 0 saturated carbocycles. The molecule has 0 spiro atoms. The van der Waals surface area contributed by atoms with Gasteiger partial charge in [-0.25, -0.2) is 0 Å². The summed E-state index contributed by atoms with van der Waals surface area (Å²) in [5.41, 5.74) is 0.747. The zero-order valence-electron chi connectivity index (χ0n) is 10.9. The van der Waals surface area contributed by atoms with Crippen LogP contribution in [0.25, 0.3) is 0 Å². The van der Waals surface area contributed by atoms with E-state index in [2.05, 4.69) is 19.2 Å². The topological polar surface area (TPSA) is 64.4 Å². The summed E-state index contributed by atoms with van der Waals surface area (Å²) < 4.78 is 5.45. The number of hydrogen-bond donors (Lipinski definition) is 1. The summed E-state index contributed by atoms with van der Waals surface area (Å²) >= 11 is 0. The largest absolute Gasteiger partial charge is 0.376 e. The van der Waals surface area contributed by atoms with E-state index < -0.39 is 0 Å². The minimum absolute atomic E-state index is 0.123. The van der Waals surface area contributed by atoms with Crippen LogP contribution in [0.4, 0.5) is 5.69 Å². The number of benzene rings is 1. The van der Waals surface area contributed by atoms with Crippen molar-refractivity contribution in [2.45, 2.75) is 32.9 Å². The van der Waals surface area contributed by atoms with Crippen LogP contribution in [-0.2, 0) is 11.3 Å². The van der Waals surface area contributed by atoms with E-state index in [0.29, 0.717) is 24.8 Å². The van der Waals surface area contributed by atoms with Gasteiger partial charge in [0.25, 0.3) is 5.69 Å². The Morgan fingerprint density at radius 2 is 2.11 bits per heavy atom. The molecule has 1 aromatic carbocycles. The van der Waals surface area contributed by atoms with Gasteiger partial charge in [-0.15, -0.1) is 0 Å². The summed E-state index contributed by atoms with van der Waals surface area (Å²) in [5.74, 6) is 0. The Morgan fingerprint density at radius 1 is 1.39 bits per heavy atom. The second-order valence-electron chi connectivity index (χ2n) is 4.40. The highest BCUT2D eigenvalue weighted by atomic mass is 16.6. The number of ether oxygens (including phenoxy) is 1. The van der Waals surface area contributed by atoms with Gasteiger partial charge >= 0.3 is 0 Å². The Balaban J connectivity index is 2.29. The Hall–Kier alpha value is -1.46. The van der Waals surface area contributed by atoms with Gasteiger partial charge < -0.3 is 10.1 Å². The molecule has 0 bridgehead atoms. The minimum atomic E-state index is -0.376. The van der Waals surface area contributed by atoms with Gasteiger partial charge in [0.1, 0.15) is 0 Å². The lowest BCUT2D eigenvalue weighted by Gasteiger charge is -2.08. The van der Waals surface area contributed by atoms with E-state index in [1.165, 1.54) is 6.07 Å². The number of nitrogens with zero attached hydrogens (tertiary/aromatic N) is 1. The van der Waals surface area contributed by atoms with E-state index in [1.54, 1.807) is 18.2 Å². The van der Waals surface area contributed by atoms with Crippen molar-refractivity contribution in [3.05, 3.63) is 39.9 Å². The fourth-order valence-electron chi connectivity index (χ4n) is 1.56. The molecule has 1 rings (SSSR count). The van der Waals surface area contributed by atoms with Crippen molar-refractivity contribution >= 4 is 5.69 Å². The lowest BCUT2D eigenvalue weighted by Crippen LogP contribution is -2.24. The third-order valence-electron chi connectivity index (χ3n) is 2.46. The summed E-state index contributed by atoms with van der Waals surface area (Å²) in [5, 5.41) is 14.1. The van der Waals surface area contributed by atoms with Crippen molar-refractivity contribution in [2.75, 3.05) is 13.2 Å². The Bertz CT molecular complexity index is 380. The number of nitro groups is 1. The lowest BCUT2D eigenvalue weighted by atomic mass is 10.2. The highest BCUT2D eigenvalue weighted by Gasteiger charge is 2.11. The van der Waals surface area contributed by atoms with E-state index in [4.69, 9.17) is 4.74 Å². The second-order valence-corrected chi connectivity index (χ2v) is 4.40. The van der Waals surface area contributed by atoms with E-state index in [0.717, 1.165) is 13.0 Å². The number of nitro benzene ring substituents is 1. The van der Waals surface area contributed by atoms with Gasteiger partial charge in [0, 0.05) is 18.7 Å². The highest BCUT2D eigenvalue weighted by Crippen LogP contribution is 2.18. The van der Waals surface area contributed by atoms with Crippen LogP contribution in [0.1, 0.15) is 25.8 Å². The van der Waals surface area contributed by atoms with Gasteiger partial charge in [-0.1, -0.05) is 26.0 Å². The molecule has 100 valence electrons. The maximum Gasteiger partial charge on any atom is 0.274 e. The number of hydrogen-bond acceptors (Lipinski definition) is 4. The van der Waals surface area contributed by atoms with Gasteiger partial charge in [-0.2, -0.15) is 0 Å². The van der Waals surface area contributed by atoms with Crippen molar-refractivity contribution in [1.29, 1.82) is 0 Å². The molecule has 0 saturated heterocycles. The van der Waals surface area contributed by atoms with Gasteiger partial charge in [-0.05, 0) is 19.0 Å². The molecule has 5 heteroatoms. The molecule has 0 unspecified atom stereocenters. The highest BCUT2D eigenvalue weighted by molar-refractivity contribution is 5.39. The van der Waals surface area contributed by atoms with Gasteiger partial charge in [0.2, 0.25) is 0 Å². The van der Waals surface area contributed by atoms with Gasteiger partial charge in [-0.3, -0.25) is 10.1 Å². The molecule has 0 amide bonds. The minimum Gasteiger partial charge on any atom is -0.376 e. The fraction of sp³-hybridized carbons (Fsp3) is 0.538. The first-order chi connectivity index (χ1) is 8.61. The van der Waals surface area contributed by atoms with Gasteiger partial charge in [0.15, 0.2) is 0 Å². The normalized spacial score (nSPS) is 10.8. The summed E-state index contributed by atoms with van der Waals surface area (Å²) in [6.45, 7) is 5.97. The molecule has 5 nitrogen and oxygen atoms in total. The first-order valence-corrected chi connectivity index (χ1v) is 6.14. The third kappa shape index (κ3) is 5.25. The van der Waals surface area contributed by atoms with Crippen molar-refractivity contribution in [3.8, 4) is 0 Å². The Labute approximate surface area is 107 Å². The molecule has 1 N–H and O–H groups in total.